The van der Waals surface area contributed by atoms with Gasteiger partial charge in [0.25, 0.3) is 0 Å². The van der Waals surface area contributed by atoms with Crippen LogP contribution in [0.3, 0.4) is 0 Å². The molecule has 0 bridgehead atoms. The Hall–Kier alpha value is -0.630. The highest BCUT2D eigenvalue weighted by molar-refractivity contribution is 7.80. The van der Waals surface area contributed by atoms with E-state index in [0.717, 1.165) is 0 Å². The van der Waals surface area contributed by atoms with Crippen molar-refractivity contribution in [2.75, 3.05) is 11.2 Å². The Kier molecular flexibility index (Phi) is 3.26. The molecule has 0 heterocycles. The normalized spacial score (nSPS) is 10.2. The van der Waals surface area contributed by atoms with Gasteiger partial charge in [0, 0.05) is 5.69 Å². The van der Waals surface area contributed by atoms with E-state index in [1.807, 2.05) is 0 Å². The first kappa shape index (κ1) is 10.5. The molecular formula is C11H17NS. The lowest BCUT2D eigenvalue weighted by Gasteiger charge is -2.15. The Bertz CT molecular complexity index is 292. The van der Waals surface area contributed by atoms with E-state index in [-0.39, 0.29) is 0 Å². The first-order chi connectivity index (χ1) is 6.07. The second-order valence-electron chi connectivity index (χ2n) is 3.47. The Labute approximate surface area is 86.0 Å². The molecule has 13 heavy (non-hydrogen) atoms. The van der Waals surface area contributed by atoms with Gasteiger partial charge in [0.15, 0.2) is 0 Å². The molecule has 1 rings (SSSR count). The monoisotopic (exact) mass is 195 g/mol. The molecule has 1 aromatic rings. The van der Waals surface area contributed by atoms with E-state index in [9.17, 15) is 0 Å². The maximum absolute atomic E-state index is 4.18. The molecule has 0 unspecified atom stereocenters. The van der Waals surface area contributed by atoms with Crippen LogP contribution in [-0.2, 0) is 0 Å². The molecule has 0 aromatic heterocycles. The summed E-state index contributed by atoms with van der Waals surface area (Å²) in [4.78, 5) is 0. The maximum atomic E-state index is 4.18. The molecule has 0 fully saturated rings. The van der Waals surface area contributed by atoms with Crippen LogP contribution in [0.4, 0.5) is 5.69 Å². The summed E-state index contributed by atoms with van der Waals surface area (Å²) in [5, 5.41) is 3.29. The molecule has 1 aromatic carbocycles. The van der Waals surface area contributed by atoms with E-state index in [4.69, 9.17) is 0 Å². The van der Waals surface area contributed by atoms with E-state index in [0.29, 0.717) is 5.88 Å². The Morgan fingerprint density at radius 3 is 1.92 bits per heavy atom. The van der Waals surface area contributed by atoms with Crippen molar-refractivity contribution in [1.29, 1.82) is 0 Å². The molecule has 0 aliphatic carbocycles. The minimum absolute atomic E-state index is 0.685. The third-order valence-corrected chi connectivity index (χ3v) is 2.78. The molecule has 0 spiro atoms. The summed E-state index contributed by atoms with van der Waals surface area (Å²) < 4.78 is 0. The summed E-state index contributed by atoms with van der Waals surface area (Å²) >= 11 is 4.18. The van der Waals surface area contributed by atoms with Crippen LogP contribution in [0, 0.1) is 27.7 Å². The third kappa shape index (κ3) is 1.99. The fourth-order valence-electron chi connectivity index (χ4n) is 1.56. The van der Waals surface area contributed by atoms with Gasteiger partial charge in [0.2, 0.25) is 0 Å². The fourth-order valence-corrected chi connectivity index (χ4v) is 1.72. The van der Waals surface area contributed by atoms with Crippen molar-refractivity contribution in [2.24, 2.45) is 0 Å². The largest absolute Gasteiger partial charge is 0.376 e. The summed E-state index contributed by atoms with van der Waals surface area (Å²) in [6.07, 6.45) is 0. The van der Waals surface area contributed by atoms with Crippen molar-refractivity contribution in [3.05, 3.63) is 28.3 Å². The third-order valence-electron chi connectivity index (χ3n) is 2.62. The Balaban J connectivity index is 3.28. The summed E-state index contributed by atoms with van der Waals surface area (Å²) in [7, 11) is 0. The van der Waals surface area contributed by atoms with Crippen LogP contribution in [-0.4, -0.2) is 5.88 Å². The lowest BCUT2D eigenvalue weighted by atomic mass is 9.99. The standard InChI is InChI=1S/C11H17NS/c1-7-5-8(2)10(4)11(9(7)3)12-6-13/h5,12-13H,6H2,1-4H3. The van der Waals surface area contributed by atoms with Crippen LogP contribution in [0.2, 0.25) is 0 Å². The number of hydrogen-bond acceptors (Lipinski definition) is 2. The average Bonchev–Trinajstić information content (AvgIpc) is 2.09. The molecule has 0 amide bonds. The second kappa shape index (κ2) is 4.05. The van der Waals surface area contributed by atoms with Crippen LogP contribution >= 0.6 is 12.6 Å². The number of nitrogens with one attached hydrogen (secondary N) is 1. The highest BCUT2D eigenvalue weighted by Gasteiger charge is 2.06. The minimum Gasteiger partial charge on any atom is -0.376 e. The molecule has 72 valence electrons. The van der Waals surface area contributed by atoms with Gasteiger partial charge in [-0.05, 0) is 49.9 Å². The quantitative estimate of drug-likeness (QED) is 0.545. The lowest BCUT2D eigenvalue weighted by Crippen LogP contribution is -2.02. The van der Waals surface area contributed by atoms with Gasteiger partial charge in [0.1, 0.15) is 0 Å². The zero-order chi connectivity index (χ0) is 10.0. The molecule has 1 N–H and O–H groups in total. The first-order valence-corrected chi connectivity index (χ1v) is 5.13. The molecule has 0 atom stereocenters. The number of hydrogen-bond donors (Lipinski definition) is 2. The summed E-state index contributed by atoms with van der Waals surface area (Å²) in [5.41, 5.74) is 6.58. The molecule has 0 aliphatic rings. The number of thiol groups is 1. The predicted molar refractivity (Wildman–Crippen MR) is 62.9 cm³/mol. The van der Waals surface area contributed by atoms with E-state index in [1.54, 1.807) is 0 Å². The topological polar surface area (TPSA) is 12.0 Å². The first-order valence-electron chi connectivity index (χ1n) is 4.50. The average molecular weight is 195 g/mol. The molecule has 2 heteroatoms. The zero-order valence-corrected chi connectivity index (χ0v) is 9.63. The van der Waals surface area contributed by atoms with E-state index in [2.05, 4.69) is 51.7 Å². The second-order valence-corrected chi connectivity index (χ2v) is 3.79. The van der Waals surface area contributed by atoms with Crippen molar-refractivity contribution < 1.29 is 0 Å². The van der Waals surface area contributed by atoms with Gasteiger partial charge in [-0.2, -0.15) is 12.6 Å². The van der Waals surface area contributed by atoms with Gasteiger partial charge in [0.05, 0.1) is 5.88 Å². The van der Waals surface area contributed by atoms with Crippen LogP contribution in [0.1, 0.15) is 22.3 Å². The van der Waals surface area contributed by atoms with E-state index < -0.39 is 0 Å². The molecular weight excluding hydrogens is 178 g/mol. The SMILES string of the molecule is Cc1cc(C)c(C)c(NCS)c1C. The zero-order valence-electron chi connectivity index (χ0n) is 8.73. The van der Waals surface area contributed by atoms with Crippen LogP contribution in [0.15, 0.2) is 6.07 Å². The Morgan fingerprint density at radius 2 is 1.54 bits per heavy atom. The molecule has 1 nitrogen and oxygen atoms in total. The predicted octanol–water partition coefficient (Wildman–Crippen LogP) is 3.22. The molecule has 0 aliphatic heterocycles. The number of anilines is 1. The highest BCUT2D eigenvalue weighted by atomic mass is 32.1. The van der Waals surface area contributed by atoms with Crippen molar-refractivity contribution in [3.63, 3.8) is 0 Å². The number of rotatable bonds is 2. The van der Waals surface area contributed by atoms with Gasteiger partial charge >= 0.3 is 0 Å². The summed E-state index contributed by atoms with van der Waals surface area (Å²) in [5.74, 6) is 0.685. The molecule has 0 saturated carbocycles. The van der Waals surface area contributed by atoms with Crippen LogP contribution in [0.25, 0.3) is 0 Å². The van der Waals surface area contributed by atoms with Gasteiger partial charge in [-0.3, -0.25) is 0 Å². The van der Waals surface area contributed by atoms with Crippen molar-refractivity contribution in [1.82, 2.24) is 0 Å². The fraction of sp³-hybridized carbons (Fsp3) is 0.455. The Morgan fingerprint density at radius 1 is 1.08 bits per heavy atom. The maximum Gasteiger partial charge on any atom is 0.0581 e. The van der Waals surface area contributed by atoms with Gasteiger partial charge in [-0.25, -0.2) is 0 Å². The summed E-state index contributed by atoms with van der Waals surface area (Å²) in [6, 6.07) is 2.23. The van der Waals surface area contributed by atoms with Gasteiger partial charge in [-0.1, -0.05) is 6.07 Å². The minimum atomic E-state index is 0.685. The van der Waals surface area contributed by atoms with Crippen molar-refractivity contribution in [2.45, 2.75) is 27.7 Å². The van der Waals surface area contributed by atoms with Gasteiger partial charge in [-0.15, -0.1) is 0 Å². The molecule has 0 radical (unpaired) electrons. The van der Waals surface area contributed by atoms with Crippen LogP contribution in [0.5, 0.6) is 0 Å². The molecule has 0 saturated heterocycles. The number of benzene rings is 1. The van der Waals surface area contributed by atoms with Crippen LogP contribution < -0.4 is 5.32 Å². The van der Waals surface area contributed by atoms with E-state index in [1.165, 1.54) is 27.9 Å². The smallest absolute Gasteiger partial charge is 0.0581 e. The van der Waals surface area contributed by atoms with E-state index >= 15 is 0 Å². The highest BCUT2D eigenvalue weighted by Crippen LogP contribution is 2.26. The summed E-state index contributed by atoms with van der Waals surface area (Å²) in [6.45, 7) is 8.58. The van der Waals surface area contributed by atoms with Gasteiger partial charge < -0.3 is 5.32 Å². The lowest BCUT2D eigenvalue weighted by molar-refractivity contribution is 1.22. The van der Waals surface area contributed by atoms with Crippen molar-refractivity contribution >= 4 is 18.3 Å². The number of aryl methyl sites for hydroxylation is 2. The van der Waals surface area contributed by atoms with Crippen molar-refractivity contribution in [3.8, 4) is 0 Å².